The van der Waals surface area contributed by atoms with E-state index in [4.69, 9.17) is 4.42 Å². The zero-order valence-electron chi connectivity index (χ0n) is 13.4. The summed E-state index contributed by atoms with van der Waals surface area (Å²) in [6, 6.07) is 12.7. The molecule has 0 aliphatic carbocycles. The van der Waals surface area contributed by atoms with Crippen molar-refractivity contribution < 1.29 is 4.42 Å². The molecule has 114 valence electrons. The lowest BCUT2D eigenvalue weighted by molar-refractivity contribution is 0.474. The van der Waals surface area contributed by atoms with Gasteiger partial charge >= 0.3 is 0 Å². The van der Waals surface area contributed by atoms with E-state index in [1.54, 1.807) is 0 Å². The first-order valence-corrected chi connectivity index (χ1v) is 7.83. The van der Waals surface area contributed by atoms with Gasteiger partial charge in [0.2, 0.25) is 0 Å². The molecule has 0 bridgehead atoms. The summed E-state index contributed by atoms with van der Waals surface area (Å²) in [7, 11) is 0. The van der Waals surface area contributed by atoms with Crippen molar-refractivity contribution >= 4 is 5.69 Å². The van der Waals surface area contributed by atoms with E-state index in [2.05, 4.69) is 54.4 Å². The largest absolute Gasteiger partial charge is 0.464 e. The quantitative estimate of drug-likeness (QED) is 0.740. The van der Waals surface area contributed by atoms with Crippen LogP contribution in [0.4, 0.5) is 5.69 Å². The number of anilines is 1. The monoisotopic (exact) mass is 286 g/mol. The summed E-state index contributed by atoms with van der Waals surface area (Å²) in [5, 5.41) is 3.43. The molecule has 1 aromatic carbocycles. The van der Waals surface area contributed by atoms with Crippen molar-refractivity contribution in [1.29, 1.82) is 0 Å². The molecule has 1 N–H and O–H groups in total. The normalized spacial score (nSPS) is 10.8. The first-order valence-electron chi connectivity index (χ1n) is 7.83. The maximum absolute atomic E-state index is 5.92. The first kappa shape index (κ1) is 15.6. The van der Waals surface area contributed by atoms with E-state index >= 15 is 0 Å². The van der Waals surface area contributed by atoms with Crippen LogP contribution in [0.15, 0.2) is 40.8 Å². The Morgan fingerprint density at radius 1 is 1.14 bits per heavy atom. The average Bonchev–Trinajstić information content (AvgIpc) is 2.86. The molecule has 0 saturated heterocycles. The Morgan fingerprint density at radius 2 is 1.90 bits per heavy atom. The predicted octanol–water partition coefficient (Wildman–Crippen LogP) is 4.11. The number of hydrogen-bond donors (Lipinski definition) is 1. The second-order valence-corrected chi connectivity index (χ2v) is 5.32. The fraction of sp³-hybridized carbons (Fsp3) is 0.444. The van der Waals surface area contributed by atoms with Crippen molar-refractivity contribution in [2.45, 2.75) is 40.3 Å². The summed E-state index contributed by atoms with van der Waals surface area (Å²) in [5.74, 6) is 2.06. The molecule has 21 heavy (non-hydrogen) atoms. The molecule has 0 fully saturated rings. The number of hydrogen-bond acceptors (Lipinski definition) is 3. The number of para-hydroxylation sites is 1. The van der Waals surface area contributed by atoms with Gasteiger partial charge in [-0.25, -0.2) is 0 Å². The summed E-state index contributed by atoms with van der Waals surface area (Å²) in [4.78, 5) is 2.32. The number of furan rings is 1. The van der Waals surface area contributed by atoms with Gasteiger partial charge < -0.3 is 14.6 Å². The predicted molar refractivity (Wildman–Crippen MR) is 88.6 cm³/mol. The van der Waals surface area contributed by atoms with Crippen LogP contribution in [0, 0.1) is 6.92 Å². The molecule has 3 nitrogen and oxygen atoms in total. The Kier molecular flexibility index (Phi) is 5.88. The Bertz CT molecular complexity index is 533. The highest BCUT2D eigenvalue weighted by Crippen LogP contribution is 2.20. The minimum Gasteiger partial charge on any atom is -0.464 e. The lowest BCUT2D eigenvalue weighted by Gasteiger charge is -2.21. The molecule has 0 aliphatic heterocycles. The van der Waals surface area contributed by atoms with Crippen molar-refractivity contribution in [3.05, 3.63) is 53.5 Å². The first-order chi connectivity index (χ1) is 10.2. The molecule has 2 rings (SSSR count). The van der Waals surface area contributed by atoms with E-state index in [-0.39, 0.29) is 0 Å². The number of nitrogens with one attached hydrogen (secondary N) is 1. The highest BCUT2D eigenvalue weighted by molar-refractivity contribution is 5.46. The second-order valence-electron chi connectivity index (χ2n) is 5.32. The molecule has 0 radical (unpaired) electrons. The topological polar surface area (TPSA) is 28.4 Å². The summed E-state index contributed by atoms with van der Waals surface area (Å²) in [6.07, 6.45) is 1.15. The number of rotatable bonds is 8. The molecular formula is C18H26N2O. The SMILES string of the molecule is CCCNCc1cc(CN(CC)c2ccccc2)oc1C. The van der Waals surface area contributed by atoms with Crippen LogP contribution in [0.3, 0.4) is 0 Å². The third-order valence-electron chi connectivity index (χ3n) is 3.66. The Hall–Kier alpha value is -1.74. The van der Waals surface area contributed by atoms with E-state index in [0.29, 0.717) is 0 Å². The van der Waals surface area contributed by atoms with Crippen LogP contribution in [0.2, 0.25) is 0 Å². The van der Waals surface area contributed by atoms with E-state index in [1.165, 1.54) is 11.3 Å². The van der Waals surface area contributed by atoms with Crippen LogP contribution in [0.1, 0.15) is 37.4 Å². The summed E-state index contributed by atoms with van der Waals surface area (Å²) in [6.45, 7) is 10.1. The molecule has 0 unspecified atom stereocenters. The van der Waals surface area contributed by atoms with Gasteiger partial charge in [-0.1, -0.05) is 25.1 Å². The smallest absolute Gasteiger partial charge is 0.123 e. The van der Waals surface area contributed by atoms with Gasteiger partial charge in [-0.05, 0) is 45.0 Å². The van der Waals surface area contributed by atoms with Gasteiger partial charge in [0.1, 0.15) is 11.5 Å². The third kappa shape index (κ3) is 4.36. The van der Waals surface area contributed by atoms with Crippen molar-refractivity contribution in [1.82, 2.24) is 5.32 Å². The van der Waals surface area contributed by atoms with Gasteiger partial charge in [-0.15, -0.1) is 0 Å². The van der Waals surface area contributed by atoms with Crippen LogP contribution >= 0.6 is 0 Å². The minimum atomic E-state index is 0.815. The average molecular weight is 286 g/mol. The fourth-order valence-corrected chi connectivity index (χ4v) is 2.45. The summed E-state index contributed by atoms with van der Waals surface area (Å²) in [5.41, 5.74) is 2.50. The van der Waals surface area contributed by atoms with Crippen molar-refractivity contribution in [2.75, 3.05) is 18.0 Å². The zero-order chi connectivity index (χ0) is 15.1. The van der Waals surface area contributed by atoms with Gasteiger partial charge in [-0.2, -0.15) is 0 Å². The number of benzene rings is 1. The molecular weight excluding hydrogens is 260 g/mol. The van der Waals surface area contributed by atoms with Gasteiger partial charge in [0, 0.05) is 24.3 Å². The van der Waals surface area contributed by atoms with E-state index in [1.807, 2.05) is 13.0 Å². The lowest BCUT2D eigenvalue weighted by Crippen LogP contribution is -2.21. The Morgan fingerprint density at radius 3 is 2.57 bits per heavy atom. The number of aryl methyl sites for hydroxylation is 1. The van der Waals surface area contributed by atoms with Gasteiger partial charge in [0.25, 0.3) is 0 Å². The van der Waals surface area contributed by atoms with Crippen LogP contribution in [0.5, 0.6) is 0 Å². The van der Waals surface area contributed by atoms with Crippen LogP contribution in [0.25, 0.3) is 0 Å². The standard InChI is InChI=1S/C18H26N2O/c1-4-11-19-13-16-12-18(21-15(16)3)14-20(5-2)17-9-7-6-8-10-17/h6-10,12,19H,4-5,11,13-14H2,1-3H3. The van der Waals surface area contributed by atoms with Crippen molar-refractivity contribution in [3.63, 3.8) is 0 Å². The fourth-order valence-electron chi connectivity index (χ4n) is 2.45. The number of nitrogens with zero attached hydrogens (tertiary/aromatic N) is 1. The van der Waals surface area contributed by atoms with Gasteiger partial charge in [0.05, 0.1) is 6.54 Å². The minimum absolute atomic E-state index is 0.815. The lowest BCUT2D eigenvalue weighted by atomic mass is 10.2. The molecule has 3 heteroatoms. The molecule has 0 aliphatic rings. The maximum Gasteiger partial charge on any atom is 0.123 e. The van der Waals surface area contributed by atoms with E-state index in [0.717, 1.165) is 44.1 Å². The maximum atomic E-state index is 5.92. The summed E-state index contributed by atoms with van der Waals surface area (Å²) < 4.78 is 5.92. The van der Waals surface area contributed by atoms with Gasteiger partial charge in [0.15, 0.2) is 0 Å². The molecule has 0 atom stereocenters. The van der Waals surface area contributed by atoms with Crippen LogP contribution in [-0.4, -0.2) is 13.1 Å². The highest BCUT2D eigenvalue weighted by Gasteiger charge is 2.11. The Labute approximate surface area is 128 Å². The third-order valence-corrected chi connectivity index (χ3v) is 3.66. The molecule has 0 spiro atoms. The van der Waals surface area contributed by atoms with Gasteiger partial charge in [-0.3, -0.25) is 0 Å². The van der Waals surface area contributed by atoms with Crippen LogP contribution in [-0.2, 0) is 13.1 Å². The molecule has 1 heterocycles. The molecule has 0 amide bonds. The van der Waals surface area contributed by atoms with E-state index < -0.39 is 0 Å². The Balaban J connectivity index is 2.03. The van der Waals surface area contributed by atoms with Crippen LogP contribution < -0.4 is 10.2 Å². The second kappa shape index (κ2) is 7.89. The zero-order valence-corrected chi connectivity index (χ0v) is 13.4. The van der Waals surface area contributed by atoms with Crippen molar-refractivity contribution in [2.24, 2.45) is 0 Å². The molecule has 2 aromatic rings. The highest BCUT2D eigenvalue weighted by atomic mass is 16.3. The van der Waals surface area contributed by atoms with Crippen molar-refractivity contribution in [3.8, 4) is 0 Å². The molecule has 1 aromatic heterocycles. The summed E-state index contributed by atoms with van der Waals surface area (Å²) >= 11 is 0. The van der Waals surface area contributed by atoms with E-state index in [9.17, 15) is 0 Å². The molecule has 0 saturated carbocycles.